The molecule has 0 aromatic rings. The van der Waals surface area contributed by atoms with Crippen molar-refractivity contribution in [2.45, 2.75) is 59.1 Å². The first-order chi connectivity index (χ1) is 9.84. The monoisotopic (exact) mass is 428 g/mol. The highest BCUT2D eigenvalue weighted by Crippen LogP contribution is 2.06. The van der Waals surface area contributed by atoms with Crippen LogP contribution in [0.15, 0.2) is 4.99 Å². The average Bonchev–Trinajstić information content (AvgIpc) is 2.44. The number of rotatable bonds is 9. The van der Waals surface area contributed by atoms with Crippen LogP contribution in [-0.4, -0.2) is 50.3 Å². The molecular weight excluding hydrogens is 395 g/mol. The molecule has 1 amide bonds. The van der Waals surface area contributed by atoms with Crippen molar-refractivity contribution in [2.24, 2.45) is 4.99 Å². The van der Waals surface area contributed by atoms with E-state index in [1.54, 1.807) is 7.11 Å². The van der Waals surface area contributed by atoms with Gasteiger partial charge in [0.15, 0.2) is 5.96 Å². The molecule has 0 heterocycles. The van der Waals surface area contributed by atoms with Crippen molar-refractivity contribution in [1.82, 2.24) is 16.0 Å². The van der Waals surface area contributed by atoms with E-state index in [0.717, 1.165) is 13.0 Å². The van der Waals surface area contributed by atoms with E-state index in [-0.39, 0.29) is 41.5 Å². The van der Waals surface area contributed by atoms with Gasteiger partial charge in [-0.25, -0.2) is 0 Å². The number of carbonyl (C=O) groups excluding carboxylic acids is 1. The Morgan fingerprint density at radius 3 is 2.41 bits per heavy atom. The molecule has 7 heteroatoms. The predicted molar refractivity (Wildman–Crippen MR) is 103 cm³/mol. The summed E-state index contributed by atoms with van der Waals surface area (Å²) < 4.78 is 5.34. The molecule has 0 aromatic carbocycles. The summed E-state index contributed by atoms with van der Waals surface area (Å²) in [4.78, 5) is 16.2. The molecule has 0 aromatic heterocycles. The lowest BCUT2D eigenvalue weighted by atomic mass is 10.1. The number of amides is 1. The van der Waals surface area contributed by atoms with Crippen molar-refractivity contribution in [1.29, 1.82) is 0 Å². The third-order valence-corrected chi connectivity index (χ3v) is 3.18. The Labute approximate surface area is 152 Å². The zero-order valence-corrected chi connectivity index (χ0v) is 17.1. The number of ether oxygens (including phenoxy) is 1. The number of halogens is 1. The smallest absolute Gasteiger partial charge is 0.221 e. The first kappa shape index (κ1) is 23.7. The fourth-order valence-electron chi connectivity index (χ4n) is 1.42. The van der Waals surface area contributed by atoms with Gasteiger partial charge in [0.1, 0.15) is 0 Å². The van der Waals surface area contributed by atoms with Gasteiger partial charge in [-0.05, 0) is 34.1 Å². The summed E-state index contributed by atoms with van der Waals surface area (Å²) in [6.07, 6.45) is 1.37. The second-order valence-electron chi connectivity index (χ2n) is 5.71. The maximum absolute atomic E-state index is 11.7. The van der Waals surface area contributed by atoms with Crippen LogP contribution in [-0.2, 0) is 9.53 Å². The second-order valence-corrected chi connectivity index (χ2v) is 5.71. The lowest BCUT2D eigenvalue weighted by molar-refractivity contribution is -0.121. The van der Waals surface area contributed by atoms with Crippen LogP contribution in [0.5, 0.6) is 0 Å². The maximum atomic E-state index is 11.7. The summed E-state index contributed by atoms with van der Waals surface area (Å²) in [5, 5.41) is 9.26. The fourth-order valence-corrected chi connectivity index (χ4v) is 1.42. The fraction of sp³-hybridized carbons (Fsp3) is 0.867. The van der Waals surface area contributed by atoms with Crippen LogP contribution in [0, 0.1) is 0 Å². The largest absolute Gasteiger partial charge is 0.377 e. The zero-order chi connectivity index (χ0) is 16.3. The van der Waals surface area contributed by atoms with Gasteiger partial charge < -0.3 is 20.7 Å². The van der Waals surface area contributed by atoms with Gasteiger partial charge in [0, 0.05) is 32.7 Å². The van der Waals surface area contributed by atoms with Gasteiger partial charge in [-0.2, -0.15) is 0 Å². The number of carbonyl (C=O) groups is 1. The van der Waals surface area contributed by atoms with Crippen LogP contribution < -0.4 is 16.0 Å². The van der Waals surface area contributed by atoms with E-state index in [1.807, 2.05) is 27.7 Å². The van der Waals surface area contributed by atoms with Crippen LogP contribution in [0.2, 0.25) is 0 Å². The SMILES string of the molecule is CCNC(=NCC(C)(C)OC)NCCC(=O)NC(C)CC.I. The highest BCUT2D eigenvalue weighted by atomic mass is 127. The third-order valence-electron chi connectivity index (χ3n) is 3.18. The highest BCUT2D eigenvalue weighted by Gasteiger charge is 2.15. The van der Waals surface area contributed by atoms with Crippen molar-refractivity contribution in [3.63, 3.8) is 0 Å². The molecule has 0 saturated carbocycles. The molecule has 1 unspecified atom stereocenters. The molecule has 1 atom stereocenters. The molecule has 0 aliphatic heterocycles. The van der Waals surface area contributed by atoms with Crippen molar-refractivity contribution in [2.75, 3.05) is 26.7 Å². The standard InChI is InChI=1S/C15H32N4O2.HI/c1-7-12(3)19-13(20)9-10-17-14(16-8-2)18-11-15(4,5)21-6;/h12H,7-11H2,1-6H3,(H,19,20)(H2,16,17,18);1H. The van der Waals surface area contributed by atoms with E-state index in [1.165, 1.54) is 0 Å². The second kappa shape index (κ2) is 12.9. The first-order valence-corrected chi connectivity index (χ1v) is 7.71. The summed E-state index contributed by atoms with van der Waals surface area (Å²) in [7, 11) is 1.68. The van der Waals surface area contributed by atoms with Crippen LogP contribution in [0.25, 0.3) is 0 Å². The Kier molecular flexibility index (Phi) is 13.9. The number of nitrogens with one attached hydrogen (secondary N) is 3. The van der Waals surface area contributed by atoms with Gasteiger partial charge >= 0.3 is 0 Å². The number of nitrogens with zero attached hydrogens (tertiary/aromatic N) is 1. The topological polar surface area (TPSA) is 74.8 Å². The minimum absolute atomic E-state index is 0. The lowest BCUT2D eigenvalue weighted by Gasteiger charge is -2.21. The van der Waals surface area contributed by atoms with Gasteiger partial charge in [0.2, 0.25) is 5.91 Å². The molecule has 0 bridgehead atoms. The van der Waals surface area contributed by atoms with E-state index in [4.69, 9.17) is 4.74 Å². The van der Waals surface area contributed by atoms with Crippen LogP contribution >= 0.6 is 24.0 Å². The molecule has 0 spiro atoms. The van der Waals surface area contributed by atoms with Gasteiger partial charge in [-0.15, -0.1) is 24.0 Å². The Hall–Kier alpha value is -0.570. The lowest BCUT2D eigenvalue weighted by Crippen LogP contribution is -2.41. The van der Waals surface area contributed by atoms with Crippen molar-refractivity contribution in [3.8, 4) is 0 Å². The molecule has 0 saturated heterocycles. The normalized spacial score (nSPS) is 13.1. The molecule has 0 aliphatic rings. The molecule has 6 nitrogen and oxygen atoms in total. The summed E-state index contributed by atoms with van der Waals surface area (Å²) in [6, 6.07) is 0.224. The van der Waals surface area contributed by atoms with Crippen LogP contribution in [0.4, 0.5) is 0 Å². The molecular formula is C15H33IN4O2. The zero-order valence-electron chi connectivity index (χ0n) is 14.8. The Morgan fingerprint density at radius 1 is 1.27 bits per heavy atom. The summed E-state index contributed by atoms with van der Waals surface area (Å²) in [5.74, 6) is 0.767. The van der Waals surface area contributed by atoms with E-state index in [9.17, 15) is 4.79 Å². The quantitative estimate of drug-likeness (QED) is 0.298. The molecule has 3 N–H and O–H groups in total. The highest BCUT2D eigenvalue weighted by molar-refractivity contribution is 14.0. The van der Waals surface area contributed by atoms with E-state index >= 15 is 0 Å². The van der Waals surface area contributed by atoms with Gasteiger partial charge in [0.25, 0.3) is 0 Å². The number of hydrogen-bond acceptors (Lipinski definition) is 3. The van der Waals surface area contributed by atoms with Gasteiger partial charge in [-0.1, -0.05) is 6.92 Å². The Bertz CT molecular complexity index is 336. The molecule has 0 fully saturated rings. The van der Waals surface area contributed by atoms with E-state index in [0.29, 0.717) is 25.5 Å². The third kappa shape index (κ3) is 12.0. The van der Waals surface area contributed by atoms with Crippen molar-refractivity contribution in [3.05, 3.63) is 0 Å². The number of aliphatic imine (C=N–C) groups is 1. The summed E-state index contributed by atoms with van der Waals surface area (Å²) >= 11 is 0. The Balaban J connectivity index is 0. The number of hydrogen-bond donors (Lipinski definition) is 3. The Morgan fingerprint density at radius 2 is 1.91 bits per heavy atom. The average molecular weight is 428 g/mol. The van der Waals surface area contributed by atoms with E-state index < -0.39 is 0 Å². The number of guanidine groups is 1. The molecule has 132 valence electrons. The van der Waals surface area contributed by atoms with Crippen LogP contribution in [0.1, 0.15) is 47.5 Å². The molecule has 0 aliphatic carbocycles. The first-order valence-electron chi connectivity index (χ1n) is 7.71. The van der Waals surface area contributed by atoms with Gasteiger partial charge in [0.05, 0.1) is 12.1 Å². The van der Waals surface area contributed by atoms with Crippen molar-refractivity contribution < 1.29 is 9.53 Å². The molecule has 0 rings (SSSR count). The molecule has 22 heavy (non-hydrogen) atoms. The van der Waals surface area contributed by atoms with Gasteiger partial charge in [-0.3, -0.25) is 9.79 Å². The van der Waals surface area contributed by atoms with E-state index in [2.05, 4.69) is 27.9 Å². The predicted octanol–water partition coefficient (Wildman–Crippen LogP) is 1.89. The minimum atomic E-state index is -0.295. The van der Waals surface area contributed by atoms with Crippen LogP contribution in [0.3, 0.4) is 0 Å². The van der Waals surface area contributed by atoms with Crippen molar-refractivity contribution >= 4 is 35.8 Å². The summed E-state index contributed by atoms with van der Waals surface area (Å²) in [6.45, 7) is 11.9. The summed E-state index contributed by atoms with van der Waals surface area (Å²) in [5.41, 5.74) is -0.295. The molecule has 0 radical (unpaired) electrons. The minimum Gasteiger partial charge on any atom is -0.377 e. The number of methoxy groups -OCH3 is 1. The maximum Gasteiger partial charge on any atom is 0.221 e.